The molecule has 0 N–H and O–H groups in total. The average molecular weight is 649 g/mol. The lowest BCUT2D eigenvalue weighted by Gasteiger charge is -2.26. The third-order valence-corrected chi connectivity index (χ3v) is 10.3. The third kappa shape index (κ3) is 6.88. The Balaban J connectivity index is 1.35. The Labute approximate surface area is 291 Å². The van der Waals surface area contributed by atoms with Crippen LogP contribution in [0.2, 0.25) is 0 Å². The van der Waals surface area contributed by atoms with Gasteiger partial charge in [-0.15, -0.1) is 0 Å². The summed E-state index contributed by atoms with van der Waals surface area (Å²) in [7, 11) is 0. The molecule has 1 atom stereocenters. The predicted molar refractivity (Wildman–Crippen MR) is 204 cm³/mol. The van der Waals surface area contributed by atoms with Gasteiger partial charge in [0.2, 0.25) is 0 Å². The van der Waals surface area contributed by atoms with Crippen LogP contribution in [-0.4, -0.2) is 0 Å². The molecule has 0 aliphatic carbocycles. The molecule has 0 amide bonds. The monoisotopic (exact) mass is 648 g/mol. The molecule has 1 unspecified atom stereocenters. The first-order valence-electron chi connectivity index (χ1n) is 17.6. The molecular formula is C47H46F2. The first kappa shape index (κ1) is 34.1. The number of hydrogen-bond donors (Lipinski definition) is 0. The SMILES string of the molecule is CCc1cc(-c2ccc(F)cc2)ccc1-c1cc(CC)c(C(C)c2c(C)cc(-c3ccc(-c4ccc(F)cc4)cc3C)cc2C)c(CC)c1. The van der Waals surface area contributed by atoms with E-state index in [1.807, 2.05) is 24.3 Å². The van der Waals surface area contributed by atoms with Crippen LogP contribution in [0.3, 0.4) is 0 Å². The van der Waals surface area contributed by atoms with Gasteiger partial charge in [-0.1, -0.05) is 113 Å². The van der Waals surface area contributed by atoms with E-state index in [1.165, 1.54) is 91.0 Å². The molecule has 0 nitrogen and oxygen atoms in total. The van der Waals surface area contributed by atoms with Crippen LogP contribution in [0.25, 0.3) is 44.5 Å². The quantitative estimate of drug-likeness (QED) is 0.146. The number of aryl methyl sites for hydroxylation is 6. The van der Waals surface area contributed by atoms with Crippen LogP contribution in [-0.2, 0) is 19.3 Å². The van der Waals surface area contributed by atoms with E-state index in [2.05, 4.69) is 109 Å². The molecule has 6 aromatic rings. The molecule has 0 aliphatic heterocycles. The van der Waals surface area contributed by atoms with Gasteiger partial charge in [0.1, 0.15) is 11.6 Å². The molecule has 2 heteroatoms. The Bertz CT molecular complexity index is 2070. The van der Waals surface area contributed by atoms with Crippen LogP contribution in [0.1, 0.15) is 78.1 Å². The Morgan fingerprint density at radius 3 is 1.27 bits per heavy atom. The van der Waals surface area contributed by atoms with Gasteiger partial charge < -0.3 is 0 Å². The molecule has 0 fully saturated rings. The van der Waals surface area contributed by atoms with Gasteiger partial charge in [0.25, 0.3) is 0 Å². The van der Waals surface area contributed by atoms with E-state index in [0.717, 1.165) is 41.5 Å². The molecule has 0 heterocycles. The number of hydrogen-bond acceptors (Lipinski definition) is 0. The zero-order valence-electron chi connectivity index (χ0n) is 29.8. The van der Waals surface area contributed by atoms with Crippen molar-refractivity contribution in [2.75, 3.05) is 0 Å². The van der Waals surface area contributed by atoms with E-state index in [-0.39, 0.29) is 17.6 Å². The lowest BCUT2D eigenvalue weighted by Crippen LogP contribution is -2.09. The summed E-state index contributed by atoms with van der Waals surface area (Å²) < 4.78 is 27.1. The van der Waals surface area contributed by atoms with Gasteiger partial charge >= 0.3 is 0 Å². The zero-order chi connectivity index (χ0) is 34.8. The van der Waals surface area contributed by atoms with Crippen molar-refractivity contribution in [1.29, 1.82) is 0 Å². The summed E-state index contributed by atoms with van der Waals surface area (Å²) >= 11 is 0. The van der Waals surface area contributed by atoms with Crippen LogP contribution in [0.5, 0.6) is 0 Å². The fourth-order valence-electron chi connectivity index (χ4n) is 7.83. The molecule has 6 aromatic carbocycles. The van der Waals surface area contributed by atoms with Crippen molar-refractivity contribution in [3.8, 4) is 44.5 Å². The maximum Gasteiger partial charge on any atom is 0.123 e. The number of benzene rings is 6. The van der Waals surface area contributed by atoms with Crippen LogP contribution in [0, 0.1) is 32.4 Å². The lowest BCUT2D eigenvalue weighted by molar-refractivity contribution is 0.627. The van der Waals surface area contributed by atoms with Gasteiger partial charge in [0.05, 0.1) is 0 Å². The van der Waals surface area contributed by atoms with Crippen LogP contribution >= 0.6 is 0 Å². The van der Waals surface area contributed by atoms with Crippen molar-refractivity contribution in [2.45, 2.75) is 73.6 Å². The third-order valence-electron chi connectivity index (χ3n) is 10.3. The summed E-state index contributed by atoms with van der Waals surface area (Å²) in [6.07, 6.45) is 2.85. The van der Waals surface area contributed by atoms with Crippen LogP contribution < -0.4 is 0 Å². The van der Waals surface area contributed by atoms with Crippen LogP contribution in [0.15, 0.2) is 109 Å². The van der Waals surface area contributed by atoms with E-state index >= 15 is 0 Å². The van der Waals surface area contributed by atoms with E-state index in [1.54, 1.807) is 0 Å². The maximum absolute atomic E-state index is 13.6. The maximum atomic E-state index is 13.6. The largest absolute Gasteiger partial charge is 0.207 e. The molecule has 49 heavy (non-hydrogen) atoms. The molecule has 0 radical (unpaired) electrons. The molecule has 248 valence electrons. The van der Waals surface area contributed by atoms with Gasteiger partial charge in [-0.05, 0) is 153 Å². The van der Waals surface area contributed by atoms with Gasteiger partial charge in [-0.2, -0.15) is 0 Å². The second kappa shape index (κ2) is 14.3. The molecular weight excluding hydrogens is 603 g/mol. The fourth-order valence-corrected chi connectivity index (χ4v) is 7.83. The molecule has 0 saturated heterocycles. The topological polar surface area (TPSA) is 0 Å². The molecule has 0 spiro atoms. The van der Waals surface area contributed by atoms with Crippen molar-refractivity contribution in [3.05, 3.63) is 165 Å². The minimum absolute atomic E-state index is 0.213. The van der Waals surface area contributed by atoms with Crippen molar-refractivity contribution in [3.63, 3.8) is 0 Å². The first-order chi connectivity index (χ1) is 23.6. The fraction of sp³-hybridized carbons (Fsp3) is 0.234. The Hall–Kier alpha value is -4.82. The minimum Gasteiger partial charge on any atom is -0.207 e. The minimum atomic E-state index is -0.217. The van der Waals surface area contributed by atoms with Crippen LogP contribution in [0.4, 0.5) is 8.78 Å². The summed E-state index contributed by atoms with van der Waals surface area (Å²) in [5.41, 5.74) is 20.0. The van der Waals surface area contributed by atoms with E-state index in [4.69, 9.17) is 0 Å². The van der Waals surface area contributed by atoms with Crippen molar-refractivity contribution in [1.82, 2.24) is 0 Å². The highest BCUT2D eigenvalue weighted by Crippen LogP contribution is 2.40. The second-order valence-corrected chi connectivity index (χ2v) is 13.4. The van der Waals surface area contributed by atoms with E-state index in [9.17, 15) is 8.78 Å². The van der Waals surface area contributed by atoms with Gasteiger partial charge in [0.15, 0.2) is 0 Å². The summed E-state index contributed by atoms with van der Waals surface area (Å²) in [5.74, 6) is -0.179. The van der Waals surface area contributed by atoms with Gasteiger partial charge in [0, 0.05) is 5.92 Å². The highest BCUT2D eigenvalue weighted by Gasteiger charge is 2.22. The molecule has 0 aliphatic rings. The highest BCUT2D eigenvalue weighted by molar-refractivity contribution is 5.77. The lowest BCUT2D eigenvalue weighted by atomic mass is 9.79. The number of rotatable bonds is 9. The predicted octanol–water partition coefficient (Wildman–Crippen LogP) is 13.4. The molecule has 0 bridgehead atoms. The average Bonchev–Trinajstić information content (AvgIpc) is 3.10. The molecule has 0 saturated carbocycles. The van der Waals surface area contributed by atoms with Gasteiger partial charge in [-0.25, -0.2) is 8.78 Å². The Morgan fingerprint density at radius 1 is 0.408 bits per heavy atom. The zero-order valence-corrected chi connectivity index (χ0v) is 29.8. The van der Waals surface area contributed by atoms with E-state index in [0.29, 0.717) is 0 Å². The molecule has 0 aromatic heterocycles. The van der Waals surface area contributed by atoms with Crippen molar-refractivity contribution in [2.24, 2.45) is 0 Å². The summed E-state index contributed by atoms with van der Waals surface area (Å²) in [6.45, 7) is 15.8. The summed E-state index contributed by atoms with van der Waals surface area (Å²) in [5, 5.41) is 0. The Morgan fingerprint density at radius 2 is 0.796 bits per heavy atom. The van der Waals surface area contributed by atoms with E-state index < -0.39 is 0 Å². The standard InChI is InChI=1S/C47H46F2/c1-8-33-26-39(37-13-19-43(49)20-14-37)16-22-45(33)41-27-34(9-2)47(35(10-3)28-41)32(7)46-30(5)24-40(25-31(46)6)44-21-15-38(23-29(44)4)36-11-17-42(48)18-12-36/h11-28,32H,8-10H2,1-7H3. The van der Waals surface area contributed by atoms with Gasteiger partial charge in [-0.3, -0.25) is 0 Å². The second-order valence-electron chi connectivity index (χ2n) is 13.4. The summed E-state index contributed by atoms with van der Waals surface area (Å²) in [6, 6.07) is 36.2. The number of halogens is 2. The Kier molecular flexibility index (Phi) is 9.97. The first-order valence-corrected chi connectivity index (χ1v) is 17.6. The van der Waals surface area contributed by atoms with Crippen molar-refractivity contribution < 1.29 is 8.78 Å². The highest BCUT2D eigenvalue weighted by atomic mass is 19.1. The molecule has 6 rings (SSSR count). The normalized spacial score (nSPS) is 11.9. The smallest absolute Gasteiger partial charge is 0.123 e. The summed E-state index contributed by atoms with van der Waals surface area (Å²) in [4.78, 5) is 0. The van der Waals surface area contributed by atoms with Crippen molar-refractivity contribution >= 4 is 0 Å².